The molecule has 9 rings (SSSR count). The van der Waals surface area contributed by atoms with E-state index in [1.165, 1.54) is 44.2 Å². The Bertz CT molecular complexity index is 2540. The van der Waals surface area contributed by atoms with Gasteiger partial charge in [-0.15, -0.1) is 0 Å². The van der Waals surface area contributed by atoms with Crippen LogP contribution >= 0.6 is 0 Å². The van der Waals surface area contributed by atoms with Crippen LogP contribution in [-0.4, -0.2) is 0 Å². The lowest BCUT2D eigenvalue weighted by Gasteiger charge is -2.26. The fourth-order valence-electron chi connectivity index (χ4n) is 6.88. The van der Waals surface area contributed by atoms with Crippen LogP contribution in [0.25, 0.3) is 66.1 Å². The van der Waals surface area contributed by atoms with Crippen LogP contribution in [0.4, 0.5) is 17.1 Å². The Morgan fingerprint density at radius 3 is 1.65 bits per heavy atom. The van der Waals surface area contributed by atoms with E-state index in [1.807, 2.05) is 12.1 Å². The molecule has 48 heavy (non-hydrogen) atoms. The van der Waals surface area contributed by atoms with Crippen LogP contribution in [0.5, 0.6) is 0 Å². The molecule has 1 heterocycles. The van der Waals surface area contributed by atoms with Crippen molar-refractivity contribution in [1.29, 1.82) is 0 Å². The number of fused-ring (bicyclic) bond motifs is 4. The molecule has 2 heteroatoms. The van der Waals surface area contributed by atoms with Gasteiger partial charge in [-0.3, -0.25) is 0 Å². The minimum absolute atomic E-state index is 0.874. The number of anilines is 3. The summed E-state index contributed by atoms with van der Waals surface area (Å²) in [5, 5.41) is 4.73. The maximum Gasteiger partial charge on any atom is 0.137 e. The Kier molecular flexibility index (Phi) is 6.84. The highest BCUT2D eigenvalue weighted by atomic mass is 16.3. The van der Waals surface area contributed by atoms with Crippen molar-refractivity contribution in [3.05, 3.63) is 188 Å². The second-order valence-corrected chi connectivity index (χ2v) is 12.2. The Hall–Kier alpha value is -6.38. The van der Waals surface area contributed by atoms with Crippen molar-refractivity contribution in [3.63, 3.8) is 0 Å². The Balaban J connectivity index is 1.14. The van der Waals surface area contributed by atoms with Crippen LogP contribution in [0.3, 0.4) is 0 Å². The van der Waals surface area contributed by atoms with E-state index in [1.54, 1.807) is 0 Å². The molecule has 0 aliphatic heterocycles. The van der Waals surface area contributed by atoms with E-state index in [0.29, 0.717) is 0 Å². The summed E-state index contributed by atoms with van der Waals surface area (Å²) in [4.78, 5) is 2.32. The van der Waals surface area contributed by atoms with Gasteiger partial charge in [-0.25, -0.2) is 0 Å². The van der Waals surface area contributed by atoms with E-state index >= 15 is 0 Å². The molecule has 226 valence electrons. The van der Waals surface area contributed by atoms with Crippen molar-refractivity contribution in [2.75, 3.05) is 4.90 Å². The van der Waals surface area contributed by atoms with E-state index in [9.17, 15) is 0 Å². The number of para-hydroxylation sites is 1. The molecule has 2 nitrogen and oxygen atoms in total. The first-order valence-corrected chi connectivity index (χ1v) is 16.3. The van der Waals surface area contributed by atoms with Gasteiger partial charge < -0.3 is 9.32 Å². The minimum atomic E-state index is 0.874. The third-order valence-electron chi connectivity index (χ3n) is 9.28. The van der Waals surface area contributed by atoms with Crippen molar-refractivity contribution in [3.8, 4) is 33.4 Å². The average Bonchev–Trinajstić information content (AvgIpc) is 3.54. The fourth-order valence-corrected chi connectivity index (χ4v) is 6.88. The highest BCUT2D eigenvalue weighted by molar-refractivity contribution is 6.06. The molecular weight excluding hydrogens is 583 g/mol. The van der Waals surface area contributed by atoms with Gasteiger partial charge in [0.25, 0.3) is 0 Å². The third-order valence-corrected chi connectivity index (χ3v) is 9.28. The third kappa shape index (κ3) is 5.01. The second kappa shape index (κ2) is 11.8. The van der Waals surface area contributed by atoms with Crippen LogP contribution in [0.2, 0.25) is 0 Å². The van der Waals surface area contributed by atoms with Crippen molar-refractivity contribution < 1.29 is 4.42 Å². The van der Waals surface area contributed by atoms with Gasteiger partial charge in [0.2, 0.25) is 0 Å². The van der Waals surface area contributed by atoms with E-state index in [4.69, 9.17) is 4.42 Å². The summed E-state index contributed by atoms with van der Waals surface area (Å²) in [6.45, 7) is 0. The van der Waals surface area contributed by atoms with Gasteiger partial charge in [0, 0.05) is 33.9 Å². The quantitative estimate of drug-likeness (QED) is 0.185. The van der Waals surface area contributed by atoms with Gasteiger partial charge in [-0.05, 0) is 86.6 Å². The number of rotatable bonds is 6. The summed E-state index contributed by atoms with van der Waals surface area (Å²) in [7, 11) is 0. The monoisotopic (exact) mass is 613 g/mol. The maximum atomic E-state index is 6.35. The number of furan rings is 1. The molecule has 0 bridgehead atoms. The van der Waals surface area contributed by atoms with Crippen molar-refractivity contribution in [2.24, 2.45) is 0 Å². The zero-order valence-corrected chi connectivity index (χ0v) is 26.3. The summed E-state index contributed by atoms with van der Waals surface area (Å²) < 4.78 is 6.35. The first-order chi connectivity index (χ1) is 23.8. The first kappa shape index (κ1) is 27.9. The molecule has 1 aromatic heterocycles. The SMILES string of the molecule is c1ccc(-c2ccc(-c3ccc(N(c4cccc(-c5cccc6ccccc56)c4)c4ccc5c(c4)oc4ccccc45)cc3)cc2)cc1. The Labute approximate surface area is 279 Å². The maximum absolute atomic E-state index is 6.35. The number of benzene rings is 8. The van der Waals surface area contributed by atoms with Gasteiger partial charge in [-0.2, -0.15) is 0 Å². The molecule has 0 fully saturated rings. The molecular formula is C46H31NO. The van der Waals surface area contributed by atoms with Crippen molar-refractivity contribution in [2.45, 2.75) is 0 Å². The molecule has 0 aliphatic carbocycles. The highest BCUT2D eigenvalue weighted by Gasteiger charge is 2.17. The Morgan fingerprint density at radius 2 is 0.854 bits per heavy atom. The molecule has 0 atom stereocenters. The lowest BCUT2D eigenvalue weighted by atomic mass is 9.97. The number of hydrogen-bond acceptors (Lipinski definition) is 2. The first-order valence-electron chi connectivity index (χ1n) is 16.3. The van der Waals surface area contributed by atoms with Gasteiger partial charge in [0.15, 0.2) is 0 Å². The lowest BCUT2D eigenvalue weighted by molar-refractivity contribution is 0.669. The molecule has 0 amide bonds. The molecule has 8 aromatic carbocycles. The topological polar surface area (TPSA) is 16.4 Å². The van der Waals surface area contributed by atoms with Gasteiger partial charge in [0.05, 0.1) is 0 Å². The molecule has 0 saturated heterocycles. The Morgan fingerprint density at radius 1 is 0.312 bits per heavy atom. The molecule has 9 aromatic rings. The summed E-state index contributed by atoms with van der Waals surface area (Å²) in [6.07, 6.45) is 0. The number of nitrogens with zero attached hydrogens (tertiary/aromatic N) is 1. The number of hydrogen-bond donors (Lipinski definition) is 0. The molecule has 0 aliphatic rings. The predicted molar refractivity (Wildman–Crippen MR) is 202 cm³/mol. The normalized spacial score (nSPS) is 11.3. The van der Waals surface area contributed by atoms with E-state index in [2.05, 4.69) is 181 Å². The van der Waals surface area contributed by atoms with Crippen LogP contribution in [0.1, 0.15) is 0 Å². The van der Waals surface area contributed by atoms with E-state index in [-0.39, 0.29) is 0 Å². The van der Waals surface area contributed by atoms with E-state index < -0.39 is 0 Å². The molecule has 0 radical (unpaired) electrons. The second-order valence-electron chi connectivity index (χ2n) is 12.2. The van der Waals surface area contributed by atoms with Crippen LogP contribution < -0.4 is 4.90 Å². The highest BCUT2D eigenvalue weighted by Crippen LogP contribution is 2.41. The zero-order chi connectivity index (χ0) is 31.9. The molecule has 0 spiro atoms. The zero-order valence-electron chi connectivity index (χ0n) is 26.3. The molecule has 0 saturated carbocycles. The minimum Gasteiger partial charge on any atom is -0.456 e. The van der Waals surface area contributed by atoms with E-state index in [0.717, 1.165) is 39.0 Å². The van der Waals surface area contributed by atoms with Crippen LogP contribution in [0.15, 0.2) is 192 Å². The van der Waals surface area contributed by atoms with Crippen molar-refractivity contribution >= 4 is 49.8 Å². The molecule has 0 N–H and O–H groups in total. The molecule has 0 unspecified atom stereocenters. The summed E-state index contributed by atoms with van der Waals surface area (Å²) in [5.41, 5.74) is 12.2. The van der Waals surface area contributed by atoms with Crippen LogP contribution in [0, 0.1) is 0 Å². The smallest absolute Gasteiger partial charge is 0.137 e. The van der Waals surface area contributed by atoms with Crippen molar-refractivity contribution in [1.82, 2.24) is 0 Å². The van der Waals surface area contributed by atoms with Gasteiger partial charge >= 0.3 is 0 Å². The lowest BCUT2D eigenvalue weighted by Crippen LogP contribution is -2.10. The summed E-state index contributed by atoms with van der Waals surface area (Å²) in [6, 6.07) is 66.9. The van der Waals surface area contributed by atoms with Gasteiger partial charge in [0.1, 0.15) is 11.2 Å². The largest absolute Gasteiger partial charge is 0.456 e. The predicted octanol–water partition coefficient (Wildman–Crippen LogP) is 13.2. The fraction of sp³-hybridized carbons (Fsp3) is 0. The standard InChI is InChI=1S/C46H31NO/c1-2-10-32(11-3-1)33-20-22-34(23-21-33)35-24-26-38(27-25-35)47(40-28-29-44-43-17-6-7-19-45(43)48-46(44)31-40)39-15-8-14-37(30-39)42-18-9-13-36-12-4-5-16-41(36)42/h1-31H. The summed E-state index contributed by atoms with van der Waals surface area (Å²) in [5.74, 6) is 0. The van der Waals surface area contributed by atoms with Crippen LogP contribution in [-0.2, 0) is 0 Å². The van der Waals surface area contributed by atoms with Gasteiger partial charge in [-0.1, -0.05) is 140 Å². The summed E-state index contributed by atoms with van der Waals surface area (Å²) >= 11 is 0. The average molecular weight is 614 g/mol.